The highest BCUT2D eigenvalue weighted by molar-refractivity contribution is 9.10. The van der Waals surface area contributed by atoms with Gasteiger partial charge in [0.25, 0.3) is 0 Å². The molecule has 1 aromatic heterocycles. The van der Waals surface area contributed by atoms with Gasteiger partial charge in [0.15, 0.2) is 5.82 Å². The van der Waals surface area contributed by atoms with Crippen molar-refractivity contribution >= 4 is 15.9 Å². The van der Waals surface area contributed by atoms with Crippen LogP contribution in [0.4, 0.5) is 0 Å². The average Bonchev–Trinajstić information content (AvgIpc) is 2.77. The number of benzene rings is 1. The van der Waals surface area contributed by atoms with Crippen molar-refractivity contribution in [1.29, 1.82) is 0 Å². The summed E-state index contributed by atoms with van der Waals surface area (Å²) in [6, 6.07) is 5.76. The van der Waals surface area contributed by atoms with Crippen molar-refractivity contribution in [1.82, 2.24) is 14.8 Å². The van der Waals surface area contributed by atoms with E-state index in [0.717, 1.165) is 15.8 Å². The fourth-order valence-electron chi connectivity index (χ4n) is 1.57. The molecule has 2 aromatic rings. The lowest BCUT2D eigenvalue weighted by atomic mass is 10.2. The number of halogens is 1. The highest BCUT2D eigenvalue weighted by Crippen LogP contribution is 2.23. The maximum absolute atomic E-state index is 9.10. The smallest absolute Gasteiger partial charge is 0.152 e. The summed E-state index contributed by atoms with van der Waals surface area (Å²) in [6.45, 7) is 0.384. The number of aliphatic hydroxyl groups is 1. The Morgan fingerprint density at radius 2 is 2.29 bits per heavy atom. The molecule has 0 atom stereocenters. The van der Waals surface area contributed by atoms with Gasteiger partial charge in [0.1, 0.15) is 18.7 Å². The second-order valence-corrected chi connectivity index (χ2v) is 4.36. The van der Waals surface area contributed by atoms with Crippen LogP contribution in [0.2, 0.25) is 0 Å². The first kappa shape index (κ1) is 12.1. The van der Waals surface area contributed by atoms with E-state index in [1.165, 1.54) is 6.33 Å². The predicted molar refractivity (Wildman–Crippen MR) is 65.7 cm³/mol. The molecule has 0 fully saturated rings. The van der Waals surface area contributed by atoms with Crippen LogP contribution in [0.3, 0.4) is 0 Å². The molecule has 0 bridgehead atoms. The maximum Gasteiger partial charge on any atom is 0.152 e. The summed E-state index contributed by atoms with van der Waals surface area (Å²) in [4.78, 5) is 3.96. The number of nitrogens with zero attached hydrogens (tertiary/aromatic N) is 3. The monoisotopic (exact) mass is 297 g/mol. The number of hydrogen-bond acceptors (Lipinski definition) is 4. The molecule has 5 nitrogen and oxygen atoms in total. The Balaban J connectivity index is 2.32. The SMILES string of the molecule is COc1ccc(Br)cc1Cn1ncnc1CO. The van der Waals surface area contributed by atoms with Gasteiger partial charge in [-0.1, -0.05) is 15.9 Å². The zero-order valence-electron chi connectivity index (χ0n) is 9.30. The number of rotatable bonds is 4. The van der Waals surface area contributed by atoms with Crippen LogP contribution in [-0.4, -0.2) is 27.0 Å². The molecule has 0 radical (unpaired) electrons. The van der Waals surface area contributed by atoms with E-state index in [9.17, 15) is 0 Å². The lowest BCUT2D eigenvalue weighted by Crippen LogP contribution is -2.08. The van der Waals surface area contributed by atoms with Gasteiger partial charge in [-0.15, -0.1) is 0 Å². The molecule has 90 valence electrons. The van der Waals surface area contributed by atoms with E-state index in [2.05, 4.69) is 26.0 Å². The molecule has 1 N–H and O–H groups in total. The highest BCUT2D eigenvalue weighted by Gasteiger charge is 2.08. The van der Waals surface area contributed by atoms with Gasteiger partial charge in [-0.05, 0) is 18.2 Å². The number of methoxy groups -OCH3 is 1. The molecular weight excluding hydrogens is 286 g/mol. The lowest BCUT2D eigenvalue weighted by Gasteiger charge is -2.10. The van der Waals surface area contributed by atoms with Crippen LogP contribution in [0.25, 0.3) is 0 Å². The van der Waals surface area contributed by atoms with Gasteiger partial charge in [0, 0.05) is 10.0 Å². The Bertz CT molecular complexity index is 513. The molecule has 2 rings (SSSR count). The van der Waals surface area contributed by atoms with Crippen molar-refractivity contribution < 1.29 is 9.84 Å². The molecule has 0 saturated heterocycles. The second kappa shape index (κ2) is 5.29. The van der Waals surface area contributed by atoms with E-state index in [-0.39, 0.29) is 6.61 Å². The normalized spacial score (nSPS) is 10.5. The van der Waals surface area contributed by atoms with E-state index in [1.807, 2.05) is 18.2 Å². The van der Waals surface area contributed by atoms with Crippen molar-refractivity contribution in [2.45, 2.75) is 13.2 Å². The largest absolute Gasteiger partial charge is 0.496 e. The van der Waals surface area contributed by atoms with Crippen molar-refractivity contribution in [3.05, 3.63) is 40.4 Å². The van der Waals surface area contributed by atoms with Gasteiger partial charge >= 0.3 is 0 Å². The van der Waals surface area contributed by atoms with Gasteiger partial charge in [-0.2, -0.15) is 5.10 Å². The fraction of sp³-hybridized carbons (Fsp3) is 0.273. The molecule has 1 heterocycles. The number of aliphatic hydroxyl groups excluding tert-OH is 1. The standard InChI is InChI=1S/C11H12BrN3O2/c1-17-10-3-2-9(12)4-8(10)5-15-11(6-16)13-7-14-15/h2-4,7,16H,5-6H2,1H3. The Hall–Kier alpha value is -1.40. The molecule has 6 heteroatoms. The zero-order valence-corrected chi connectivity index (χ0v) is 10.9. The summed E-state index contributed by atoms with van der Waals surface area (Å²) in [7, 11) is 1.63. The Labute approximate surface area is 107 Å². The van der Waals surface area contributed by atoms with Crippen LogP contribution < -0.4 is 4.74 Å². The highest BCUT2D eigenvalue weighted by atomic mass is 79.9. The molecule has 1 aromatic carbocycles. The van der Waals surface area contributed by atoms with E-state index >= 15 is 0 Å². The first-order valence-electron chi connectivity index (χ1n) is 5.04. The molecule has 0 aliphatic heterocycles. The van der Waals surface area contributed by atoms with Crippen molar-refractivity contribution in [2.24, 2.45) is 0 Å². The average molecular weight is 298 g/mol. The summed E-state index contributed by atoms with van der Waals surface area (Å²) >= 11 is 3.41. The summed E-state index contributed by atoms with van der Waals surface area (Å²) in [5.74, 6) is 1.32. The zero-order chi connectivity index (χ0) is 12.3. The van der Waals surface area contributed by atoms with Gasteiger partial charge in [0.05, 0.1) is 13.7 Å². The Kier molecular flexibility index (Phi) is 3.75. The van der Waals surface area contributed by atoms with Crippen LogP contribution >= 0.6 is 15.9 Å². The van der Waals surface area contributed by atoms with Crippen LogP contribution in [0.1, 0.15) is 11.4 Å². The summed E-state index contributed by atoms with van der Waals surface area (Å²) in [6.07, 6.45) is 1.43. The van der Waals surface area contributed by atoms with E-state index < -0.39 is 0 Å². The van der Waals surface area contributed by atoms with Crippen LogP contribution in [0.5, 0.6) is 5.75 Å². The summed E-state index contributed by atoms with van der Waals surface area (Å²) in [5, 5.41) is 13.2. The predicted octanol–water partition coefficient (Wildman–Crippen LogP) is 1.59. The van der Waals surface area contributed by atoms with Crippen LogP contribution in [0, 0.1) is 0 Å². The van der Waals surface area contributed by atoms with Crippen molar-refractivity contribution in [3.63, 3.8) is 0 Å². The lowest BCUT2D eigenvalue weighted by molar-refractivity contribution is 0.263. The van der Waals surface area contributed by atoms with E-state index in [0.29, 0.717) is 12.4 Å². The number of ether oxygens (including phenoxy) is 1. The van der Waals surface area contributed by atoms with Gasteiger partial charge in [-0.25, -0.2) is 9.67 Å². The van der Waals surface area contributed by atoms with Crippen molar-refractivity contribution in [2.75, 3.05) is 7.11 Å². The van der Waals surface area contributed by atoms with E-state index in [1.54, 1.807) is 11.8 Å². The first-order chi connectivity index (χ1) is 8.24. The first-order valence-corrected chi connectivity index (χ1v) is 5.84. The van der Waals surface area contributed by atoms with Gasteiger partial charge in [0.2, 0.25) is 0 Å². The maximum atomic E-state index is 9.10. The molecular formula is C11H12BrN3O2. The minimum absolute atomic E-state index is 0.129. The topological polar surface area (TPSA) is 60.2 Å². The van der Waals surface area contributed by atoms with Crippen LogP contribution in [-0.2, 0) is 13.2 Å². The van der Waals surface area contributed by atoms with Crippen LogP contribution in [0.15, 0.2) is 29.0 Å². The van der Waals surface area contributed by atoms with Gasteiger partial charge in [-0.3, -0.25) is 0 Å². The number of hydrogen-bond donors (Lipinski definition) is 1. The molecule has 0 aliphatic carbocycles. The minimum atomic E-state index is -0.129. The summed E-state index contributed by atoms with van der Waals surface area (Å²) < 4.78 is 7.89. The number of aromatic nitrogens is 3. The molecule has 0 unspecified atom stereocenters. The van der Waals surface area contributed by atoms with E-state index in [4.69, 9.17) is 9.84 Å². The van der Waals surface area contributed by atoms with Gasteiger partial charge < -0.3 is 9.84 Å². The van der Waals surface area contributed by atoms with Crippen molar-refractivity contribution in [3.8, 4) is 5.75 Å². The third-order valence-corrected chi connectivity index (χ3v) is 2.89. The molecule has 0 spiro atoms. The fourth-order valence-corrected chi connectivity index (χ4v) is 1.98. The quantitative estimate of drug-likeness (QED) is 0.931. The molecule has 0 aliphatic rings. The minimum Gasteiger partial charge on any atom is -0.496 e. The second-order valence-electron chi connectivity index (χ2n) is 3.45. The Morgan fingerprint density at radius 3 is 3.00 bits per heavy atom. The molecule has 17 heavy (non-hydrogen) atoms. The third kappa shape index (κ3) is 2.65. The Morgan fingerprint density at radius 1 is 1.47 bits per heavy atom. The molecule has 0 saturated carbocycles. The summed E-state index contributed by atoms with van der Waals surface area (Å²) in [5.41, 5.74) is 0.974. The molecule has 0 amide bonds. The third-order valence-electron chi connectivity index (χ3n) is 2.40.